The molecule has 0 spiro atoms. The number of rotatable bonds is 2. The van der Waals surface area contributed by atoms with Gasteiger partial charge in [0.15, 0.2) is 6.23 Å². The van der Waals surface area contributed by atoms with Gasteiger partial charge in [-0.25, -0.2) is 0 Å². The van der Waals surface area contributed by atoms with Gasteiger partial charge in [0.1, 0.15) is 17.8 Å². The molecule has 2 saturated heterocycles. The van der Waals surface area contributed by atoms with E-state index in [-0.39, 0.29) is 18.8 Å². The minimum atomic E-state index is -1.09. The lowest BCUT2D eigenvalue weighted by molar-refractivity contribution is -0.187. The lowest BCUT2D eigenvalue weighted by Gasteiger charge is -2.29. The normalized spacial score (nSPS) is 39.8. The summed E-state index contributed by atoms with van der Waals surface area (Å²) in [5.41, 5.74) is -1.32. The van der Waals surface area contributed by atoms with Gasteiger partial charge >= 0.3 is 0 Å². The first-order valence-electron chi connectivity index (χ1n) is 5.43. The van der Waals surface area contributed by atoms with Gasteiger partial charge in [-0.3, -0.25) is 9.36 Å². The molecule has 2 N–H and O–H groups in total. The molecule has 4 unspecified atom stereocenters. The predicted octanol–water partition coefficient (Wildman–Crippen LogP) is -1.13. The van der Waals surface area contributed by atoms with Crippen molar-refractivity contribution in [2.75, 3.05) is 13.2 Å². The molecule has 1 aromatic rings. The van der Waals surface area contributed by atoms with Crippen LogP contribution in [-0.2, 0) is 9.47 Å². The summed E-state index contributed by atoms with van der Waals surface area (Å²) in [5, 5.41) is 19.3. The third-order valence-electron chi connectivity index (χ3n) is 3.40. The van der Waals surface area contributed by atoms with Gasteiger partial charge in [0.2, 0.25) is 0 Å². The molecule has 0 amide bonds. The van der Waals surface area contributed by atoms with Crippen LogP contribution in [0.25, 0.3) is 0 Å². The highest BCUT2D eigenvalue weighted by Crippen LogP contribution is 2.44. The Bertz CT molecular complexity index is 487. The minimum Gasteiger partial charge on any atom is -0.393 e. The zero-order chi connectivity index (χ0) is 12.0. The van der Waals surface area contributed by atoms with Gasteiger partial charge in [-0.2, -0.15) is 0 Å². The number of aromatic nitrogens is 1. The van der Waals surface area contributed by atoms with Crippen molar-refractivity contribution in [2.24, 2.45) is 0 Å². The van der Waals surface area contributed by atoms with Gasteiger partial charge in [0.25, 0.3) is 5.56 Å². The summed E-state index contributed by atoms with van der Waals surface area (Å²) in [4.78, 5) is 11.7. The van der Waals surface area contributed by atoms with Crippen molar-refractivity contribution < 1.29 is 19.7 Å². The van der Waals surface area contributed by atoms with Crippen LogP contribution < -0.4 is 5.56 Å². The molecule has 0 aliphatic carbocycles. The first-order chi connectivity index (χ1) is 8.18. The van der Waals surface area contributed by atoms with E-state index in [2.05, 4.69) is 0 Å². The number of fused-ring (bicyclic) bond motifs is 2. The summed E-state index contributed by atoms with van der Waals surface area (Å²) >= 11 is 0. The maximum Gasteiger partial charge on any atom is 0.252 e. The van der Waals surface area contributed by atoms with E-state index < -0.39 is 24.0 Å². The highest BCUT2D eigenvalue weighted by molar-refractivity contribution is 5.08. The molecular weight excluding hydrogens is 226 g/mol. The topological polar surface area (TPSA) is 80.9 Å². The zero-order valence-corrected chi connectivity index (χ0v) is 9.02. The van der Waals surface area contributed by atoms with Crippen molar-refractivity contribution in [2.45, 2.75) is 24.0 Å². The molecule has 2 bridgehead atoms. The molecule has 6 heteroatoms. The van der Waals surface area contributed by atoms with Crippen molar-refractivity contribution in [1.29, 1.82) is 0 Å². The lowest BCUT2D eigenvalue weighted by Crippen LogP contribution is -2.44. The van der Waals surface area contributed by atoms with Crippen LogP contribution in [0.4, 0.5) is 0 Å². The molecular formula is C11H13NO5. The molecule has 2 fully saturated rings. The Labute approximate surface area is 97.0 Å². The van der Waals surface area contributed by atoms with Crippen LogP contribution in [0, 0.1) is 0 Å². The van der Waals surface area contributed by atoms with Gasteiger partial charge < -0.3 is 19.7 Å². The Kier molecular flexibility index (Phi) is 2.34. The molecule has 17 heavy (non-hydrogen) atoms. The Hall–Kier alpha value is -1.21. The van der Waals surface area contributed by atoms with E-state index in [9.17, 15) is 15.0 Å². The molecule has 0 aromatic carbocycles. The van der Waals surface area contributed by atoms with E-state index in [1.807, 2.05) is 0 Å². The van der Waals surface area contributed by atoms with Gasteiger partial charge in [0.05, 0.1) is 13.2 Å². The third kappa shape index (κ3) is 1.39. The fraction of sp³-hybridized carbons (Fsp3) is 0.545. The maximum absolute atomic E-state index is 11.7. The second-order valence-electron chi connectivity index (χ2n) is 4.40. The Morgan fingerprint density at radius 2 is 2.35 bits per heavy atom. The summed E-state index contributed by atoms with van der Waals surface area (Å²) in [6.07, 6.45) is -0.624. The van der Waals surface area contributed by atoms with Gasteiger partial charge in [-0.15, -0.1) is 0 Å². The summed E-state index contributed by atoms with van der Waals surface area (Å²) in [7, 11) is 0. The SMILES string of the molecule is O=c1ccccn1C1OC2(CO)COC1C2O. The average molecular weight is 239 g/mol. The number of nitrogens with zero attached hydrogens (tertiary/aromatic N) is 1. The molecule has 6 nitrogen and oxygen atoms in total. The number of aliphatic hydroxyl groups is 2. The van der Waals surface area contributed by atoms with Crippen LogP contribution in [0.15, 0.2) is 29.2 Å². The number of aliphatic hydroxyl groups excluding tert-OH is 2. The van der Waals surface area contributed by atoms with E-state index >= 15 is 0 Å². The van der Waals surface area contributed by atoms with Crippen molar-refractivity contribution in [3.63, 3.8) is 0 Å². The Balaban J connectivity index is 1.99. The maximum atomic E-state index is 11.7. The van der Waals surface area contributed by atoms with Gasteiger partial charge in [-0.1, -0.05) is 6.07 Å². The van der Waals surface area contributed by atoms with Crippen LogP contribution in [0.5, 0.6) is 0 Å². The number of ether oxygens (including phenoxy) is 2. The van der Waals surface area contributed by atoms with Crippen LogP contribution in [0.3, 0.4) is 0 Å². The zero-order valence-electron chi connectivity index (χ0n) is 9.02. The predicted molar refractivity (Wildman–Crippen MR) is 56.4 cm³/mol. The minimum absolute atomic E-state index is 0.146. The molecule has 0 saturated carbocycles. The van der Waals surface area contributed by atoms with E-state index in [1.165, 1.54) is 10.6 Å². The van der Waals surface area contributed by atoms with Crippen LogP contribution >= 0.6 is 0 Å². The molecule has 0 radical (unpaired) electrons. The van der Waals surface area contributed by atoms with E-state index in [4.69, 9.17) is 9.47 Å². The molecule has 3 heterocycles. The van der Waals surface area contributed by atoms with E-state index in [0.717, 1.165) is 0 Å². The van der Waals surface area contributed by atoms with Gasteiger partial charge in [0, 0.05) is 12.3 Å². The monoisotopic (exact) mass is 239 g/mol. The Morgan fingerprint density at radius 1 is 1.53 bits per heavy atom. The van der Waals surface area contributed by atoms with Crippen molar-refractivity contribution in [3.05, 3.63) is 34.7 Å². The molecule has 2 aliphatic heterocycles. The largest absolute Gasteiger partial charge is 0.393 e. The number of pyridine rings is 1. The smallest absolute Gasteiger partial charge is 0.252 e. The molecule has 1 aromatic heterocycles. The van der Waals surface area contributed by atoms with E-state index in [0.29, 0.717) is 0 Å². The first kappa shape index (κ1) is 10.9. The van der Waals surface area contributed by atoms with Crippen LogP contribution in [-0.4, -0.2) is 45.8 Å². The molecule has 92 valence electrons. The molecule has 2 aliphatic rings. The van der Waals surface area contributed by atoms with E-state index in [1.54, 1.807) is 18.3 Å². The lowest BCUT2D eigenvalue weighted by atomic mass is 10.0. The summed E-state index contributed by atoms with van der Waals surface area (Å²) in [6, 6.07) is 4.74. The summed E-state index contributed by atoms with van der Waals surface area (Å²) < 4.78 is 12.4. The Morgan fingerprint density at radius 3 is 3.00 bits per heavy atom. The van der Waals surface area contributed by atoms with Crippen LogP contribution in [0.2, 0.25) is 0 Å². The third-order valence-corrected chi connectivity index (χ3v) is 3.40. The highest BCUT2D eigenvalue weighted by atomic mass is 16.7. The fourth-order valence-electron chi connectivity index (χ4n) is 2.40. The average Bonchev–Trinajstić information content (AvgIpc) is 2.81. The standard InChI is InChI=1S/C11H13NO5/c13-5-11-6-16-8(9(11)15)10(17-11)12-4-2-1-3-7(12)14/h1-4,8-10,13,15H,5-6H2. The van der Waals surface area contributed by atoms with Crippen molar-refractivity contribution in [3.8, 4) is 0 Å². The first-order valence-corrected chi connectivity index (χ1v) is 5.43. The number of hydrogen-bond donors (Lipinski definition) is 2. The highest BCUT2D eigenvalue weighted by Gasteiger charge is 2.61. The quantitative estimate of drug-likeness (QED) is 0.682. The van der Waals surface area contributed by atoms with Crippen molar-refractivity contribution in [1.82, 2.24) is 4.57 Å². The van der Waals surface area contributed by atoms with Gasteiger partial charge in [-0.05, 0) is 6.07 Å². The second-order valence-corrected chi connectivity index (χ2v) is 4.40. The van der Waals surface area contributed by atoms with Crippen molar-refractivity contribution >= 4 is 0 Å². The molecule has 3 rings (SSSR count). The number of hydrogen-bond acceptors (Lipinski definition) is 5. The molecule has 4 atom stereocenters. The van der Waals surface area contributed by atoms with Crippen LogP contribution in [0.1, 0.15) is 6.23 Å². The second kappa shape index (κ2) is 3.64. The fourth-order valence-corrected chi connectivity index (χ4v) is 2.40. The summed E-state index contributed by atoms with van der Waals surface area (Å²) in [5.74, 6) is 0. The summed E-state index contributed by atoms with van der Waals surface area (Å²) in [6.45, 7) is -0.184.